The van der Waals surface area contributed by atoms with Gasteiger partial charge in [-0.15, -0.1) is 0 Å². The molecule has 182 valence electrons. The highest BCUT2D eigenvalue weighted by Crippen LogP contribution is 2.42. The highest BCUT2D eigenvalue weighted by atomic mass is 16.5. The van der Waals surface area contributed by atoms with E-state index in [1.807, 2.05) is 17.7 Å². The molecule has 1 aromatic heterocycles. The zero-order chi connectivity index (χ0) is 24.9. The Labute approximate surface area is 202 Å². The fourth-order valence-electron chi connectivity index (χ4n) is 4.22. The number of hydrogen-bond acceptors (Lipinski definition) is 7. The molecule has 2 N–H and O–H groups in total. The van der Waals surface area contributed by atoms with Crippen LogP contribution in [-0.2, 0) is 16.1 Å². The topological polar surface area (TPSA) is 114 Å². The normalized spacial score (nSPS) is 17.1. The first-order valence-corrected chi connectivity index (χ1v) is 11.3. The number of likely N-dealkylation sites (tertiary alicyclic amines) is 1. The summed E-state index contributed by atoms with van der Waals surface area (Å²) in [6.07, 6.45) is 5.74. The number of phenolic OH excluding ortho intramolecular Hbond substituents is 1. The van der Waals surface area contributed by atoms with Crippen molar-refractivity contribution in [1.82, 2.24) is 14.5 Å². The van der Waals surface area contributed by atoms with Crippen molar-refractivity contribution in [2.24, 2.45) is 0 Å². The van der Waals surface area contributed by atoms with Crippen molar-refractivity contribution < 1.29 is 29.3 Å². The number of hydrogen-bond donors (Lipinski definition) is 2. The number of nitrogens with zero attached hydrogens (tertiary/aromatic N) is 3. The van der Waals surface area contributed by atoms with Gasteiger partial charge in [0.15, 0.2) is 11.5 Å². The molecule has 0 radical (unpaired) electrons. The van der Waals surface area contributed by atoms with Crippen molar-refractivity contribution in [3.63, 3.8) is 0 Å². The summed E-state index contributed by atoms with van der Waals surface area (Å²) in [6.45, 7) is 3.16. The number of aliphatic hydroxyl groups is 1. The van der Waals surface area contributed by atoms with Gasteiger partial charge in [0.25, 0.3) is 11.7 Å². The number of aromatic hydroxyl groups is 1. The Morgan fingerprint density at radius 1 is 1.14 bits per heavy atom. The molecule has 1 atom stereocenters. The second kappa shape index (κ2) is 10.3. The Morgan fingerprint density at radius 2 is 1.97 bits per heavy atom. The minimum Gasteiger partial charge on any atom is -0.507 e. The van der Waals surface area contributed by atoms with Gasteiger partial charge in [-0.2, -0.15) is 0 Å². The van der Waals surface area contributed by atoms with Gasteiger partial charge in [0.05, 0.1) is 31.7 Å². The van der Waals surface area contributed by atoms with Crippen LogP contribution in [0.1, 0.15) is 30.5 Å². The monoisotopic (exact) mass is 477 g/mol. The van der Waals surface area contributed by atoms with E-state index in [1.54, 1.807) is 48.9 Å². The molecule has 1 unspecified atom stereocenters. The number of phenols is 1. The lowest BCUT2D eigenvalue weighted by Gasteiger charge is -2.26. The number of ether oxygens (including phenoxy) is 2. The molecule has 0 bridgehead atoms. The molecule has 2 aromatic carbocycles. The number of methoxy groups -OCH3 is 1. The molecule has 2 heterocycles. The first kappa shape index (κ1) is 23.9. The van der Waals surface area contributed by atoms with E-state index < -0.39 is 17.7 Å². The average molecular weight is 478 g/mol. The molecular weight excluding hydrogens is 450 g/mol. The zero-order valence-electron chi connectivity index (χ0n) is 19.5. The van der Waals surface area contributed by atoms with Gasteiger partial charge in [-0.05, 0) is 43.2 Å². The maximum Gasteiger partial charge on any atom is 0.295 e. The van der Waals surface area contributed by atoms with Crippen LogP contribution in [0.2, 0.25) is 0 Å². The van der Waals surface area contributed by atoms with Crippen LogP contribution < -0.4 is 9.47 Å². The van der Waals surface area contributed by atoms with Gasteiger partial charge in [-0.3, -0.25) is 9.59 Å². The SMILES string of the molecule is CCOc1cccc(/C(O)=C2\C(=O)C(=O)N(CCCn3ccnc3)C2c2ccc(O)c(OC)c2)c1. The van der Waals surface area contributed by atoms with Crippen LogP contribution in [0, 0.1) is 0 Å². The van der Waals surface area contributed by atoms with Crippen molar-refractivity contribution in [3.8, 4) is 17.2 Å². The second-order valence-corrected chi connectivity index (χ2v) is 8.04. The van der Waals surface area contributed by atoms with Crippen molar-refractivity contribution in [2.45, 2.75) is 25.9 Å². The number of carbonyl (C=O) groups excluding carboxylic acids is 2. The number of ketones is 1. The van der Waals surface area contributed by atoms with Crippen LogP contribution >= 0.6 is 0 Å². The number of amides is 1. The molecule has 9 nitrogen and oxygen atoms in total. The van der Waals surface area contributed by atoms with Crippen LogP contribution in [0.5, 0.6) is 17.2 Å². The number of aryl methyl sites for hydroxylation is 1. The molecule has 0 spiro atoms. The molecule has 0 saturated carbocycles. The van der Waals surface area contributed by atoms with E-state index in [0.29, 0.717) is 36.4 Å². The summed E-state index contributed by atoms with van der Waals surface area (Å²) in [5.74, 6) is -1.10. The number of rotatable bonds is 9. The quantitative estimate of drug-likeness (QED) is 0.275. The molecule has 4 rings (SSSR count). The molecule has 1 saturated heterocycles. The first-order valence-electron chi connectivity index (χ1n) is 11.3. The summed E-state index contributed by atoms with van der Waals surface area (Å²) in [5, 5.41) is 21.3. The predicted molar refractivity (Wildman–Crippen MR) is 128 cm³/mol. The number of aromatic nitrogens is 2. The maximum atomic E-state index is 13.2. The molecule has 1 amide bonds. The van der Waals surface area contributed by atoms with E-state index >= 15 is 0 Å². The lowest BCUT2D eigenvalue weighted by Crippen LogP contribution is -2.31. The molecule has 1 aliphatic rings. The lowest BCUT2D eigenvalue weighted by molar-refractivity contribution is -0.139. The number of imidazole rings is 1. The largest absolute Gasteiger partial charge is 0.507 e. The molecule has 1 aliphatic heterocycles. The zero-order valence-corrected chi connectivity index (χ0v) is 19.5. The van der Waals surface area contributed by atoms with Gasteiger partial charge >= 0.3 is 0 Å². The molecule has 35 heavy (non-hydrogen) atoms. The Kier molecular flexibility index (Phi) is 7.05. The van der Waals surface area contributed by atoms with E-state index in [1.165, 1.54) is 18.1 Å². The van der Waals surface area contributed by atoms with E-state index in [9.17, 15) is 19.8 Å². The highest BCUT2D eigenvalue weighted by Gasteiger charge is 2.46. The average Bonchev–Trinajstić information content (AvgIpc) is 3.47. The smallest absolute Gasteiger partial charge is 0.295 e. The Bertz CT molecular complexity index is 1250. The number of aliphatic hydroxyl groups excluding tert-OH is 1. The van der Waals surface area contributed by atoms with Gasteiger partial charge in [0.1, 0.15) is 11.5 Å². The van der Waals surface area contributed by atoms with E-state index in [0.717, 1.165) is 0 Å². The van der Waals surface area contributed by atoms with Crippen LogP contribution in [-0.4, -0.2) is 56.6 Å². The van der Waals surface area contributed by atoms with Crippen LogP contribution in [0.15, 0.2) is 66.8 Å². The molecule has 3 aromatic rings. The highest BCUT2D eigenvalue weighted by molar-refractivity contribution is 6.46. The number of carbonyl (C=O) groups is 2. The summed E-state index contributed by atoms with van der Waals surface area (Å²) in [5.41, 5.74) is 0.867. The Morgan fingerprint density at radius 3 is 2.69 bits per heavy atom. The van der Waals surface area contributed by atoms with E-state index in [-0.39, 0.29) is 29.4 Å². The molecule has 1 fully saturated rings. The van der Waals surface area contributed by atoms with Crippen molar-refractivity contribution >= 4 is 17.4 Å². The van der Waals surface area contributed by atoms with Gasteiger partial charge in [-0.1, -0.05) is 18.2 Å². The minimum absolute atomic E-state index is 0.0287. The molecule has 9 heteroatoms. The lowest BCUT2D eigenvalue weighted by atomic mass is 9.95. The van der Waals surface area contributed by atoms with Crippen molar-refractivity contribution in [1.29, 1.82) is 0 Å². The third-order valence-electron chi connectivity index (χ3n) is 5.85. The molecule has 0 aliphatic carbocycles. The molecular formula is C26H27N3O6. The Hall–Kier alpha value is -4.27. The van der Waals surface area contributed by atoms with E-state index in [4.69, 9.17) is 9.47 Å². The maximum absolute atomic E-state index is 13.2. The van der Waals surface area contributed by atoms with Crippen LogP contribution in [0.4, 0.5) is 0 Å². The van der Waals surface area contributed by atoms with Crippen molar-refractivity contribution in [3.05, 3.63) is 77.9 Å². The summed E-state index contributed by atoms with van der Waals surface area (Å²) >= 11 is 0. The summed E-state index contributed by atoms with van der Waals surface area (Å²) in [4.78, 5) is 31.8. The summed E-state index contributed by atoms with van der Waals surface area (Å²) in [7, 11) is 1.42. The first-order chi connectivity index (χ1) is 16.9. The predicted octanol–water partition coefficient (Wildman–Crippen LogP) is 3.51. The standard InChI is InChI=1S/C26H27N3O6/c1-3-35-19-7-4-6-18(14-19)24(31)22-23(17-8-9-20(30)21(15-17)34-2)29(26(33)25(22)32)12-5-11-28-13-10-27-16-28/h4,6-10,13-16,23,30-31H,3,5,11-12H2,1-2H3/b24-22+. The minimum atomic E-state index is -0.858. The third kappa shape index (κ3) is 4.84. The van der Waals surface area contributed by atoms with E-state index in [2.05, 4.69) is 4.98 Å². The summed E-state index contributed by atoms with van der Waals surface area (Å²) < 4.78 is 12.7. The Balaban J connectivity index is 1.77. The van der Waals surface area contributed by atoms with Gasteiger partial charge < -0.3 is 29.2 Å². The number of Topliss-reactive ketones (excluding diaryl/α,β-unsaturated/α-hetero) is 1. The van der Waals surface area contributed by atoms with Crippen LogP contribution in [0.3, 0.4) is 0 Å². The fourth-order valence-corrected chi connectivity index (χ4v) is 4.22. The van der Waals surface area contributed by atoms with Crippen molar-refractivity contribution in [2.75, 3.05) is 20.3 Å². The fraction of sp³-hybridized carbons (Fsp3) is 0.269. The third-order valence-corrected chi connectivity index (χ3v) is 5.85. The number of benzene rings is 2. The van der Waals surface area contributed by atoms with Crippen LogP contribution in [0.25, 0.3) is 5.76 Å². The summed E-state index contributed by atoms with van der Waals surface area (Å²) in [6, 6.07) is 10.5. The second-order valence-electron chi connectivity index (χ2n) is 8.04. The van der Waals surface area contributed by atoms with Gasteiger partial charge in [-0.25, -0.2) is 4.98 Å². The van der Waals surface area contributed by atoms with Gasteiger partial charge in [0, 0.05) is 31.0 Å². The van der Waals surface area contributed by atoms with Gasteiger partial charge in [0.2, 0.25) is 0 Å².